The highest BCUT2D eigenvalue weighted by Crippen LogP contribution is 2.35. The highest BCUT2D eigenvalue weighted by atomic mass is 19.4. The van der Waals surface area contributed by atoms with Gasteiger partial charge in [-0.15, -0.1) is 13.2 Å². The molecule has 164 valence electrons. The van der Waals surface area contributed by atoms with Gasteiger partial charge in [0.05, 0.1) is 6.04 Å². The third-order valence-electron chi connectivity index (χ3n) is 5.69. The number of fused-ring (bicyclic) bond motifs is 2. The Morgan fingerprint density at radius 2 is 1.81 bits per heavy atom. The average Bonchev–Trinajstić information content (AvgIpc) is 2.71. The zero-order chi connectivity index (χ0) is 21.8. The number of nitrogens with zero attached hydrogens (tertiary/aromatic N) is 1. The van der Waals surface area contributed by atoms with E-state index in [9.17, 15) is 18.0 Å². The van der Waals surface area contributed by atoms with Crippen molar-refractivity contribution in [3.05, 3.63) is 77.4 Å². The van der Waals surface area contributed by atoms with Gasteiger partial charge in [0.15, 0.2) is 0 Å². The molecule has 1 amide bonds. The van der Waals surface area contributed by atoms with E-state index in [4.69, 9.17) is 4.74 Å². The van der Waals surface area contributed by atoms with Crippen LogP contribution >= 0.6 is 0 Å². The summed E-state index contributed by atoms with van der Waals surface area (Å²) in [6, 6.07) is 15.6. The number of hydrogen-bond acceptors (Lipinski definition) is 3. The maximum Gasteiger partial charge on any atom is 0.573 e. The molecule has 0 aromatic heterocycles. The summed E-state index contributed by atoms with van der Waals surface area (Å²) in [4.78, 5) is 14.6. The molecule has 1 fully saturated rings. The molecule has 2 aliphatic rings. The molecule has 4 rings (SSSR count). The molecule has 2 heterocycles. The van der Waals surface area contributed by atoms with Gasteiger partial charge in [-0.2, -0.15) is 0 Å². The van der Waals surface area contributed by atoms with Crippen LogP contribution in [0.1, 0.15) is 36.8 Å². The summed E-state index contributed by atoms with van der Waals surface area (Å²) in [6.45, 7) is 0.234. The Morgan fingerprint density at radius 3 is 2.55 bits per heavy atom. The molecule has 0 spiro atoms. The molecule has 2 unspecified atom stereocenters. The number of ether oxygens (including phenoxy) is 2. The molecule has 2 aliphatic heterocycles. The normalized spacial score (nSPS) is 20.7. The van der Waals surface area contributed by atoms with Gasteiger partial charge in [0.25, 0.3) is 0 Å². The standard InChI is InChI=1S/C24H24F3NO3/c25-24(26,27)31-22-11-4-8-18(15-22)12-19-13-20-9-5-10-21(14-19)28(20)23(29)30-16-17-6-2-1-3-7-17/h1-4,6-8,11,13,15,20-21H,5,9-10,12,14,16H2. The first-order valence-corrected chi connectivity index (χ1v) is 10.4. The lowest BCUT2D eigenvalue weighted by atomic mass is 9.83. The molecule has 2 aromatic carbocycles. The van der Waals surface area contributed by atoms with E-state index in [1.165, 1.54) is 12.1 Å². The van der Waals surface area contributed by atoms with E-state index < -0.39 is 6.36 Å². The Morgan fingerprint density at radius 1 is 1.03 bits per heavy atom. The average molecular weight is 431 g/mol. The Labute approximate surface area is 179 Å². The van der Waals surface area contributed by atoms with Gasteiger partial charge in [-0.3, -0.25) is 4.90 Å². The highest BCUT2D eigenvalue weighted by molar-refractivity contribution is 5.69. The lowest BCUT2D eigenvalue weighted by Gasteiger charge is -2.44. The minimum atomic E-state index is -4.71. The van der Waals surface area contributed by atoms with Crippen LogP contribution in [0.4, 0.5) is 18.0 Å². The monoisotopic (exact) mass is 431 g/mol. The number of rotatable bonds is 5. The fourth-order valence-corrected chi connectivity index (χ4v) is 4.44. The number of hydrogen-bond donors (Lipinski definition) is 0. The Balaban J connectivity index is 1.42. The van der Waals surface area contributed by atoms with Crippen LogP contribution in [-0.2, 0) is 17.8 Å². The van der Waals surface area contributed by atoms with Gasteiger partial charge in [0.1, 0.15) is 12.4 Å². The molecule has 31 heavy (non-hydrogen) atoms. The number of piperidine rings is 1. The summed E-state index contributed by atoms with van der Waals surface area (Å²) < 4.78 is 47.1. The van der Waals surface area contributed by atoms with Crippen molar-refractivity contribution in [2.45, 2.75) is 57.2 Å². The first kappa shape index (κ1) is 21.3. The molecule has 1 saturated heterocycles. The molecular formula is C24H24F3NO3. The van der Waals surface area contributed by atoms with Crippen molar-refractivity contribution in [3.8, 4) is 5.75 Å². The number of carbonyl (C=O) groups is 1. The smallest absolute Gasteiger partial charge is 0.445 e. The van der Waals surface area contributed by atoms with Gasteiger partial charge in [-0.25, -0.2) is 4.79 Å². The van der Waals surface area contributed by atoms with E-state index in [1.54, 1.807) is 12.1 Å². The molecular weight excluding hydrogens is 407 g/mol. The molecule has 2 aromatic rings. The minimum Gasteiger partial charge on any atom is -0.445 e. The number of amides is 1. The number of alkyl halides is 3. The van der Waals surface area contributed by atoms with Gasteiger partial charge in [-0.05, 0) is 55.4 Å². The van der Waals surface area contributed by atoms with Gasteiger partial charge >= 0.3 is 12.5 Å². The summed E-state index contributed by atoms with van der Waals surface area (Å²) >= 11 is 0. The van der Waals surface area contributed by atoms with Gasteiger partial charge in [0, 0.05) is 6.04 Å². The fourth-order valence-electron chi connectivity index (χ4n) is 4.44. The van der Waals surface area contributed by atoms with Crippen molar-refractivity contribution in [2.75, 3.05) is 0 Å². The van der Waals surface area contributed by atoms with Crippen LogP contribution in [0.3, 0.4) is 0 Å². The summed E-state index contributed by atoms with van der Waals surface area (Å²) in [5.74, 6) is -0.215. The Kier molecular flexibility index (Phi) is 6.20. The van der Waals surface area contributed by atoms with Crippen LogP contribution in [0, 0.1) is 0 Å². The Hall–Kier alpha value is -2.96. The lowest BCUT2D eigenvalue weighted by molar-refractivity contribution is -0.274. The first-order chi connectivity index (χ1) is 14.9. The molecule has 4 nitrogen and oxygen atoms in total. The van der Waals surface area contributed by atoms with Gasteiger partial charge < -0.3 is 9.47 Å². The van der Waals surface area contributed by atoms with Crippen LogP contribution in [0.15, 0.2) is 66.2 Å². The van der Waals surface area contributed by atoms with E-state index in [2.05, 4.69) is 10.8 Å². The highest BCUT2D eigenvalue weighted by Gasteiger charge is 2.38. The molecule has 0 radical (unpaired) electrons. The SMILES string of the molecule is O=C(OCc1ccccc1)N1C2C=C(Cc3cccc(OC(F)(F)F)c3)CC1CCC2. The zero-order valence-corrected chi connectivity index (χ0v) is 17.0. The molecule has 0 aliphatic carbocycles. The molecule has 7 heteroatoms. The van der Waals surface area contributed by atoms with Gasteiger partial charge in [0.2, 0.25) is 0 Å². The Bertz CT molecular complexity index is 943. The van der Waals surface area contributed by atoms with Crippen molar-refractivity contribution >= 4 is 6.09 Å². The van der Waals surface area contributed by atoms with E-state index in [0.29, 0.717) is 12.8 Å². The second kappa shape index (κ2) is 9.04. The second-order valence-electron chi connectivity index (χ2n) is 8.00. The van der Waals surface area contributed by atoms with Crippen LogP contribution in [0.5, 0.6) is 5.75 Å². The van der Waals surface area contributed by atoms with E-state index in [-0.39, 0.29) is 30.5 Å². The number of carbonyl (C=O) groups excluding carboxylic acids is 1. The van der Waals surface area contributed by atoms with Crippen LogP contribution in [0.2, 0.25) is 0 Å². The van der Waals surface area contributed by atoms with Crippen molar-refractivity contribution in [2.24, 2.45) is 0 Å². The third kappa shape index (κ3) is 5.60. The topological polar surface area (TPSA) is 38.8 Å². The molecule has 2 atom stereocenters. The van der Waals surface area contributed by atoms with Crippen molar-refractivity contribution in [1.82, 2.24) is 4.90 Å². The van der Waals surface area contributed by atoms with E-state index in [1.807, 2.05) is 35.2 Å². The third-order valence-corrected chi connectivity index (χ3v) is 5.69. The van der Waals surface area contributed by atoms with Gasteiger partial charge in [-0.1, -0.05) is 54.1 Å². The number of benzene rings is 2. The van der Waals surface area contributed by atoms with E-state index in [0.717, 1.165) is 36.0 Å². The quantitative estimate of drug-likeness (QED) is 0.544. The maximum atomic E-state index is 12.8. The predicted octanol–water partition coefficient (Wildman–Crippen LogP) is 6.02. The lowest BCUT2D eigenvalue weighted by Crippen LogP contribution is -2.52. The summed E-state index contributed by atoms with van der Waals surface area (Å²) in [6.07, 6.45) is 1.09. The summed E-state index contributed by atoms with van der Waals surface area (Å²) in [5, 5.41) is 0. The largest absolute Gasteiger partial charge is 0.573 e. The van der Waals surface area contributed by atoms with Crippen molar-refractivity contribution in [1.29, 1.82) is 0 Å². The predicted molar refractivity (Wildman–Crippen MR) is 109 cm³/mol. The fraction of sp³-hybridized carbons (Fsp3) is 0.375. The van der Waals surface area contributed by atoms with Crippen LogP contribution in [0.25, 0.3) is 0 Å². The van der Waals surface area contributed by atoms with Crippen molar-refractivity contribution in [3.63, 3.8) is 0 Å². The van der Waals surface area contributed by atoms with Crippen molar-refractivity contribution < 1.29 is 27.4 Å². The molecule has 0 saturated carbocycles. The minimum absolute atomic E-state index is 0.0413. The van der Waals surface area contributed by atoms with Crippen LogP contribution in [-0.4, -0.2) is 29.4 Å². The molecule has 0 N–H and O–H groups in total. The summed E-state index contributed by atoms with van der Waals surface area (Å²) in [5.41, 5.74) is 2.83. The molecule has 2 bridgehead atoms. The van der Waals surface area contributed by atoms with E-state index >= 15 is 0 Å². The zero-order valence-electron chi connectivity index (χ0n) is 17.0. The number of halogens is 3. The second-order valence-corrected chi connectivity index (χ2v) is 8.00. The maximum absolute atomic E-state index is 12.8. The summed E-state index contributed by atoms with van der Waals surface area (Å²) in [7, 11) is 0. The van der Waals surface area contributed by atoms with Crippen LogP contribution < -0.4 is 4.74 Å². The first-order valence-electron chi connectivity index (χ1n) is 10.4.